The SMILES string of the molecule is CCc1noc(NC(=O)c2ncc(F)cc2F)c1-c1ccc(F)cc1. The van der Waals surface area contributed by atoms with Gasteiger partial charge in [-0.3, -0.25) is 10.1 Å². The van der Waals surface area contributed by atoms with Crippen LogP contribution in [0.3, 0.4) is 0 Å². The molecule has 0 bridgehead atoms. The number of carbonyl (C=O) groups excluding carboxylic acids is 1. The summed E-state index contributed by atoms with van der Waals surface area (Å²) in [5.74, 6) is -3.36. The van der Waals surface area contributed by atoms with Gasteiger partial charge in [0.25, 0.3) is 5.91 Å². The first-order valence-corrected chi connectivity index (χ1v) is 7.36. The lowest BCUT2D eigenvalue weighted by Gasteiger charge is -2.06. The normalized spacial score (nSPS) is 10.7. The molecule has 0 radical (unpaired) electrons. The lowest BCUT2D eigenvalue weighted by molar-refractivity contribution is 0.101. The van der Waals surface area contributed by atoms with Crippen molar-refractivity contribution < 1.29 is 22.5 Å². The molecular formula is C17H12F3N3O2. The fourth-order valence-electron chi connectivity index (χ4n) is 2.31. The predicted octanol–water partition coefficient (Wildman–Crippen LogP) is 3.97. The molecule has 3 rings (SSSR count). The molecule has 25 heavy (non-hydrogen) atoms. The molecule has 0 atom stereocenters. The minimum Gasteiger partial charge on any atom is -0.337 e. The molecule has 5 nitrogen and oxygen atoms in total. The van der Waals surface area contributed by atoms with Gasteiger partial charge < -0.3 is 4.52 Å². The minimum atomic E-state index is -1.10. The zero-order valence-corrected chi connectivity index (χ0v) is 13.0. The standard InChI is InChI=1S/C17H12F3N3O2/c1-2-13-14(9-3-5-10(18)6-4-9)17(25-23-13)22-16(24)15-12(20)7-11(19)8-21-15/h3-8H,2H2,1H3,(H,22,24). The first-order valence-electron chi connectivity index (χ1n) is 7.36. The molecule has 0 aliphatic rings. The molecule has 0 fully saturated rings. The summed E-state index contributed by atoms with van der Waals surface area (Å²) >= 11 is 0. The number of hydrogen-bond acceptors (Lipinski definition) is 4. The van der Waals surface area contributed by atoms with E-state index in [4.69, 9.17) is 4.52 Å². The van der Waals surface area contributed by atoms with Gasteiger partial charge in [0.2, 0.25) is 5.88 Å². The molecule has 3 aromatic rings. The van der Waals surface area contributed by atoms with Crippen molar-refractivity contribution in [3.8, 4) is 11.1 Å². The molecule has 2 heterocycles. The van der Waals surface area contributed by atoms with Crippen LogP contribution in [0.15, 0.2) is 41.1 Å². The summed E-state index contributed by atoms with van der Waals surface area (Å²) in [5, 5.41) is 6.23. The average molecular weight is 347 g/mol. The van der Waals surface area contributed by atoms with Gasteiger partial charge in [-0.05, 0) is 24.1 Å². The number of anilines is 1. The van der Waals surface area contributed by atoms with E-state index < -0.39 is 29.1 Å². The summed E-state index contributed by atoms with van der Waals surface area (Å²) in [6.07, 6.45) is 1.23. The third kappa shape index (κ3) is 3.37. The highest BCUT2D eigenvalue weighted by molar-refractivity contribution is 6.04. The largest absolute Gasteiger partial charge is 0.337 e. The van der Waals surface area contributed by atoms with Crippen LogP contribution in [-0.4, -0.2) is 16.0 Å². The van der Waals surface area contributed by atoms with E-state index in [1.54, 1.807) is 0 Å². The predicted molar refractivity (Wildman–Crippen MR) is 83.4 cm³/mol. The van der Waals surface area contributed by atoms with Crippen LogP contribution >= 0.6 is 0 Å². The number of nitrogens with one attached hydrogen (secondary N) is 1. The van der Waals surface area contributed by atoms with Crippen LogP contribution in [0.1, 0.15) is 23.1 Å². The zero-order valence-electron chi connectivity index (χ0n) is 13.0. The quantitative estimate of drug-likeness (QED) is 0.775. The number of benzene rings is 1. The first-order chi connectivity index (χ1) is 12.0. The maximum Gasteiger partial charge on any atom is 0.279 e. The van der Waals surface area contributed by atoms with Gasteiger partial charge in [-0.25, -0.2) is 18.2 Å². The van der Waals surface area contributed by atoms with Gasteiger partial charge in [0.1, 0.15) is 11.6 Å². The van der Waals surface area contributed by atoms with E-state index in [9.17, 15) is 18.0 Å². The third-order valence-electron chi connectivity index (χ3n) is 3.48. The Labute approximate surface area is 140 Å². The molecule has 2 aromatic heterocycles. The molecule has 128 valence electrons. The van der Waals surface area contributed by atoms with Gasteiger partial charge in [-0.2, -0.15) is 0 Å². The highest BCUT2D eigenvalue weighted by atomic mass is 19.1. The Balaban J connectivity index is 1.96. The number of rotatable bonds is 4. The monoisotopic (exact) mass is 347 g/mol. The van der Waals surface area contributed by atoms with Crippen LogP contribution in [0.5, 0.6) is 0 Å². The Bertz CT molecular complexity index is 923. The first kappa shape index (κ1) is 16.7. The second-order valence-electron chi connectivity index (χ2n) is 5.13. The number of carbonyl (C=O) groups is 1. The summed E-state index contributed by atoms with van der Waals surface area (Å²) in [4.78, 5) is 15.6. The molecular weight excluding hydrogens is 335 g/mol. The molecule has 1 N–H and O–H groups in total. The molecule has 0 spiro atoms. The fourth-order valence-corrected chi connectivity index (χ4v) is 2.31. The van der Waals surface area contributed by atoms with Gasteiger partial charge in [0.15, 0.2) is 11.5 Å². The number of nitrogens with zero attached hydrogens (tertiary/aromatic N) is 2. The topological polar surface area (TPSA) is 68.0 Å². The number of aromatic nitrogens is 2. The van der Waals surface area contributed by atoms with Gasteiger partial charge in [-0.1, -0.05) is 24.2 Å². The van der Waals surface area contributed by atoms with Gasteiger partial charge in [0.05, 0.1) is 17.5 Å². The van der Waals surface area contributed by atoms with E-state index in [-0.39, 0.29) is 5.88 Å². The zero-order chi connectivity index (χ0) is 18.0. The van der Waals surface area contributed by atoms with Gasteiger partial charge >= 0.3 is 0 Å². The van der Waals surface area contributed by atoms with Crippen molar-refractivity contribution in [3.63, 3.8) is 0 Å². The maximum atomic E-state index is 13.7. The second-order valence-corrected chi connectivity index (χ2v) is 5.13. The minimum absolute atomic E-state index is 0.0287. The van der Waals surface area contributed by atoms with Crippen molar-refractivity contribution in [2.75, 3.05) is 5.32 Å². The fraction of sp³-hybridized carbons (Fsp3) is 0.118. The maximum absolute atomic E-state index is 13.7. The molecule has 1 aromatic carbocycles. The molecule has 0 aliphatic heterocycles. The van der Waals surface area contributed by atoms with Crippen LogP contribution in [-0.2, 0) is 6.42 Å². The molecule has 0 saturated carbocycles. The van der Waals surface area contributed by atoms with Gasteiger partial charge in [-0.15, -0.1) is 0 Å². The van der Waals surface area contributed by atoms with Crippen LogP contribution in [0.4, 0.5) is 19.1 Å². The summed E-state index contributed by atoms with van der Waals surface area (Å²) in [6, 6.07) is 6.09. The summed E-state index contributed by atoms with van der Waals surface area (Å²) in [6.45, 7) is 1.83. The van der Waals surface area contributed by atoms with Crippen LogP contribution in [0.2, 0.25) is 0 Å². The average Bonchev–Trinajstić information content (AvgIpc) is 2.98. The highest BCUT2D eigenvalue weighted by Crippen LogP contribution is 2.32. The Morgan fingerprint density at radius 3 is 2.52 bits per heavy atom. The highest BCUT2D eigenvalue weighted by Gasteiger charge is 2.22. The smallest absolute Gasteiger partial charge is 0.279 e. The van der Waals surface area contributed by atoms with E-state index in [2.05, 4.69) is 15.5 Å². The van der Waals surface area contributed by atoms with E-state index in [0.29, 0.717) is 29.3 Å². The van der Waals surface area contributed by atoms with E-state index in [0.717, 1.165) is 6.20 Å². The number of aryl methyl sites for hydroxylation is 1. The second kappa shape index (κ2) is 6.76. The molecule has 0 saturated heterocycles. The Kier molecular flexibility index (Phi) is 4.51. The summed E-state index contributed by atoms with van der Waals surface area (Å²) in [5.41, 5.74) is 0.982. The number of halogens is 3. The van der Waals surface area contributed by atoms with E-state index in [1.165, 1.54) is 24.3 Å². The van der Waals surface area contributed by atoms with Crippen LogP contribution in [0, 0.1) is 17.5 Å². The lowest BCUT2D eigenvalue weighted by Crippen LogP contribution is -2.16. The van der Waals surface area contributed by atoms with Crippen molar-refractivity contribution in [1.29, 1.82) is 0 Å². The molecule has 1 amide bonds. The van der Waals surface area contributed by atoms with E-state index >= 15 is 0 Å². The van der Waals surface area contributed by atoms with Crippen molar-refractivity contribution in [2.24, 2.45) is 0 Å². The van der Waals surface area contributed by atoms with E-state index in [1.807, 2.05) is 6.92 Å². The van der Waals surface area contributed by atoms with Gasteiger partial charge in [0, 0.05) is 6.07 Å². The molecule has 0 aliphatic carbocycles. The summed E-state index contributed by atoms with van der Waals surface area (Å²) in [7, 11) is 0. The van der Waals surface area contributed by atoms with Crippen LogP contribution < -0.4 is 5.32 Å². The van der Waals surface area contributed by atoms with Crippen molar-refractivity contribution in [1.82, 2.24) is 10.1 Å². The molecule has 0 unspecified atom stereocenters. The van der Waals surface area contributed by atoms with Crippen molar-refractivity contribution >= 4 is 11.8 Å². The summed E-state index contributed by atoms with van der Waals surface area (Å²) < 4.78 is 44.9. The Morgan fingerprint density at radius 2 is 1.88 bits per heavy atom. The number of pyridine rings is 1. The number of amides is 1. The number of hydrogen-bond donors (Lipinski definition) is 1. The molecule has 8 heteroatoms. The Morgan fingerprint density at radius 1 is 1.16 bits per heavy atom. The Hall–Kier alpha value is -3.16. The van der Waals surface area contributed by atoms with Crippen LogP contribution in [0.25, 0.3) is 11.1 Å². The van der Waals surface area contributed by atoms with Crippen molar-refractivity contribution in [2.45, 2.75) is 13.3 Å². The third-order valence-corrected chi connectivity index (χ3v) is 3.48. The lowest BCUT2D eigenvalue weighted by atomic mass is 10.0. The van der Waals surface area contributed by atoms with Crippen molar-refractivity contribution in [3.05, 3.63) is 65.4 Å².